The summed E-state index contributed by atoms with van der Waals surface area (Å²) in [5.41, 5.74) is 2.63. The van der Waals surface area contributed by atoms with Crippen LogP contribution in [0, 0.1) is 5.92 Å². The molecule has 0 aliphatic carbocycles. The van der Waals surface area contributed by atoms with Gasteiger partial charge < -0.3 is 9.64 Å². The fraction of sp³-hybridized carbons (Fsp3) is 0.280. The minimum absolute atomic E-state index is 0.247. The zero-order valence-corrected chi connectivity index (χ0v) is 18.8. The van der Waals surface area contributed by atoms with E-state index in [0.29, 0.717) is 29.7 Å². The average Bonchev–Trinajstić information content (AvgIpc) is 3.33. The van der Waals surface area contributed by atoms with Crippen molar-refractivity contribution < 1.29 is 17.9 Å². The highest BCUT2D eigenvalue weighted by Crippen LogP contribution is 2.31. The Morgan fingerprint density at radius 2 is 1.15 bits per heavy atom. The van der Waals surface area contributed by atoms with Crippen LogP contribution in [0.4, 0.5) is 41.6 Å². The van der Waals surface area contributed by atoms with Crippen LogP contribution in [0.2, 0.25) is 0 Å². The molecule has 1 atom stereocenters. The minimum Gasteiger partial charge on any atom is -0.356 e. The van der Waals surface area contributed by atoms with Crippen LogP contribution >= 0.6 is 0 Å². The van der Waals surface area contributed by atoms with Crippen LogP contribution in [0.5, 0.6) is 0 Å². The van der Waals surface area contributed by atoms with Crippen LogP contribution in [0.15, 0.2) is 93.3 Å². The molecule has 1 saturated heterocycles. The molecule has 3 aromatic carbocycles. The number of halogens is 3. The maximum absolute atomic E-state index is 12.6. The van der Waals surface area contributed by atoms with Gasteiger partial charge in [-0.05, 0) is 78.7 Å². The Kier molecular flexibility index (Phi) is 7.02. The number of rotatable bonds is 6. The van der Waals surface area contributed by atoms with Crippen molar-refractivity contribution in [1.82, 2.24) is 0 Å². The van der Waals surface area contributed by atoms with Gasteiger partial charge in [-0.2, -0.15) is 33.6 Å². The first kappa shape index (κ1) is 23.6. The summed E-state index contributed by atoms with van der Waals surface area (Å²) in [6.45, 7) is 5.78. The lowest BCUT2D eigenvalue weighted by Gasteiger charge is -2.17. The van der Waals surface area contributed by atoms with Crippen LogP contribution in [-0.2, 0) is 10.9 Å². The van der Waals surface area contributed by atoms with Crippen LogP contribution in [0.25, 0.3) is 0 Å². The predicted molar refractivity (Wildman–Crippen MR) is 125 cm³/mol. The van der Waals surface area contributed by atoms with E-state index in [1.807, 2.05) is 24.3 Å². The molecule has 0 bridgehead atoms. The molecule has 0 aromatic heterocycles. The lowest BCUT2D eigenvalue weighted by Crippen LogP contribution is -2.24. The van der Waals surface area contributed by atoms with E-state index in [2.05, 4.69) is 39.2 Å². The number of ether oxygens (including phenoxy) is 1. The third-order valence-corrected chi connectivity index (χ3v) is 5.41. The quantitative estimate of drug-likeness (QED) is 0.342. The van der Waals surface area contributed by atoms with E-state index in [1.165, 1.54) is 12.1 Å². The Morgan fingerprint density at radius 3 is 1.53 bits per heavy atom. The van der Waals surface area contributed by atoms with E-state index in [-0.39, 0.29) is 6.10 Å². The van der Waals surface area contributed by atoms with Crippen molar-refractivity contribution in [1.29, 1.82) is 0 Å². The van der Waals surface area contributed by atoms with Crippen molar-refractivity contribution >= 4 is 28.4 Å². The Balaban J connectivity index is 1.33. The van der Waals surface area contributed by atoms with E-state index in [1.54, 1.807) is 24.3 Å². The van der Waals surface area contributed by atoms with Crippen molar-refractivity contribution in [3.8, 4) is 0 Å². The van der Waals surface area contributed by atoms with Crippen molar-refractivity contribution in [2.75, 3.05) is 18.2 Å². The fourth-order valence-corrected chi connectivity index (χ4v) is 3.36. The zero-order chi connectivity index (χ0) is 24.1. The monoisotopic (exact) mass is 467 g/mol. The molecule has 1 heterocycles. The Labute approximate surface area is 195 Å². The summed E-state index contributed by atoms with van der Waals surface area (Å²) in [6, 6.07) is 19.3. The summed E-state index contributed by atoms with van der Waals surface area (Å²) in [4.78, 5) is 2.20. The summed E-state index contributed by atoms with van der Waals surface area (Å²) in [5, 5.41) is 16.5. The third-order valence-electron chi connectivity index (χ3n) is 5.41. The average molecular weight is 467 g/mol. The SMILES string of the molecule is CC(C)C1CN(c2ccc(N=Nc3ccc(N=Nc4ccc(C(F)(F)F)cc4)cc3)cc2)CO1. The number of azo groups is 2. The zero-order valence-electron chi connectivity index (χ0n) is 18.8. The Morgan fingerprint density at radius 1 is 0.735 bits per heavy atom. The molecule has 0 amide bonds. The molecule has 0 radical (unpaired) electrons. The van der Waals surface area contributed by atoms with Crippen molar-refractivity contribution in [3.63, 3.8) is 0 Å². The van der Waals surface area contributed by atoms with Crippen LogP contribution in [0.1, 0.15) is 19.4 Å². The van der Waals surface area contributed by atoms with E-state index < -0.39 is 11.7 Å². The maximum Gasteiger partial charge on any atom is 0.416 e. The van der Waals surface area contributed by atoms with Gasteiger partial charge in [-0.1, -0.05) is 13.8 Å². The van der Waals surface area contributed by atoms with Gasteiger partial charge in [0.05, 0.1) is 34.4 Å². The lowest BCUT2D eigenvalue weighted by molar-refractivity contribution is -0.137. The van der Waals surface area contributed by atoms with Crippen molar-refractivity contribution in [2.45, 2.75) is 26.1 Å². The first-order chi connectivity index (χ1) is 16.3. The number of alkyl halides is 3. The summed E-state index contributed by atoms with van der Waals surface area (Å²) in [7, 11) is 0. The van der Waals surface area contributed by atoms with E-state index in [4.69, 9.17) is 4.74 Å². The number of nitrogens with zero attached hydrogens (tertiary/aromatic N) is 5. The highest BCUT2D eigenvalue weighted by atomic mass is 19.4. The van der Waals surface area contributed by atoms with Crippen LogP contribution in [0.3, 0.4) is 0 Å². The molecule has 1 unspecified atom stereocenters. The topological polar surface area (TPSA) is 61.9 Å². The number of hydrogen-bond donors (Lipinski definition) is 0. The second kappa shape index (κ2) is 10.1. The number of benzene rings is 3. The number of anilines is 1. The predicted octanol–water partition coefficient (Wildman–Crippen LogP) is 8.35. The molecule has 3 aromatic rings. The van der Waals surface area contributed by atoms with Crippen LogP contribution < -0.4 is 4.90 Å². The summed E-state index contributed by atoms with van der Waals surface area (Å²) in [5.74, 6) is 0.482. The van der Waals surface area contributed by atoms with Gasteiger partial charge in [0, 0.05) is 12.2 Å². The molecule has 6 nitrogen and oxygen atoms in total. The number of hydrogen-bond acceptors (Lipinski definition) is 6. The summed E-state index contributed by atoms with van der Waals surface area (Å²) < 4.78 is 43.7. The van der Waals surface area contributed by atoms with Gasteiger partial charge in [-0.25, -0.2) is 0 Å². The standard InChI is InChI=1S/C25H24F3N5O/c1-17(2)24-15-33(16-34-24)23-13-11-22(12-14-23)32-31-21-9-7-20(8-10-21)30-29-19-5-3-18(4-6-19)25(26,27)28/h3-14,17,24H,15-16H2,1-2H3. The fourth-order valence-electron chi connectivity index (χ4n) is 3.36. The molecule has 0 N–H and O–H groups in total. The highest BCUT2D eigenvalue weighted by molar-refractivity contribution is 5.53. The molecule has 0 spiro atoms. The van der Waals surface area contributed by atoms with E-state index in [0.717, 1.165) is 30.1 Å². The minimum atomic E-state index is -4.37. The smallest absolute Gasteiger partial charge is 0.356 e. The Hall–Kier alpha value is -3.59. The molecule has 0 saturated carbocycles. The largest absolute Gasteiger partial charge is 0.416 e. The summed E-state index contributed by atoms with van der Waals surface area (Å²) in [6.07, 6.45) is -4.13. The molecular formula is C25H24F3N5O. The van der Waals surface area contributed by atoms with Gasteiger partial charge in [-0.3, -0.25) is 0 Å². The molecule has 1 fully saturated rings. The van der Waals surface area contributed by atoms with Gasteiger partial charge >= 0.3 is 6.18 Å². The summed E-state index contributed by atoms with van der Waals surface area (Å²) >= 11 is 0. The normalized spacial score (nSPS) is 16.9. The van der Waals surface area contributed by atoms with Gasteiger partial charge in [0.1, 0.15) is 6.73 Å². The second-order valence-electron chi connectivity index (χ2n) is 8.28. The molecule has 4 rings (SSSR count). The van der Waals surface area contributed by atoms with Gasteiger partial charge in [0.25, 0.3) is 0 Å². The molecule has 1 aliphatic heterocycles. The second-order valence-corrected chi connectivity index (χ2v) is 8.28. The van der Waals surface area contributed by atoms with Gasteiger partial charge in [-0.15, -0.1) is 0 Å². The highest BCUT2D eigenvalue weighted by Gasteiger charge is 2.30. The van der Waals surface area contributed by atoms with Crippen molar-refractivity contribution in [2.24, 2.45) is 26.4 Å². The third kappa shape index (κ3) is 6.05. The lowest BCUT2D eigenvalue weighted by atomic mass is 10.1. The van der Waals surface area contributed by atoms with Gasteiger partial charge in [0.2, 0.25) is 0 Å². The molecular weight excluding hydrogens is 443 g/mol. The maximum atomic E-state index is 12.6. The Bertz CT molecular complexity index is 1140. The van der Waals surface area contributed by atoms with Crippen LogP contribution in [-0.4, -0.2) is 19.4 Å². The molecule has 176 valence electrons. The first-order valence-corrected chi connectivity index (χ1v) is 10.9. The van der Waals surface area contributed by atoms with Gasteiger partial charge in [0.15, 0.2) is 0 Å². The molecule has 34 heavy (non-hydrogen) atoms. The molecule has 1 aliphatic rings. The van der Waals surface area contributed by atoms with E-state index in [9.17, 15) is 13.2 Å². The van der Waals surface area contributed by atoms with Crippen molar-refractivity contribution in [3.05, 3.63) is 78.4 Å². The first-order valence-electron chi connectivity index (χ1n) is 10.9. The van der Waals surface area contributed by atoms with E-state index >= 15 is 0 Å². The molecule has 9 heteroatoms.